The molecule has 128 valence electrons. The Kier molecular flexibility index (Phi) is 4.48. The van der Waals surface area contributed by atoms with Gasteiger partial charge in [0.1, 0.15) is 0 Å². The van der Waals surface area contributed by atoms with Gasteiger partial charge in [0.2, 0.25) is 5.91 Å². The van der Waals surface area contributed by atoms with E-state index in [-0.39, 0.29) is 11.9 Å². The number of rotatable bonds is 5. The zero-order chi connectivity index (χ0) is 17.8. The van der Waals surface area contributed by atoms with Crippen LogP contribution in [-0.2, 0) is 4.79 Å². The molecule has 0 bridgehead atoms. The maximum atomic E-state index is 12.8. The van der Waals surface area contributed by atoms with Crippen LogP contribution in [0.15, 0.2) is 91.4 Å². The SMILES string of the molecule is O=C(C[C@@H](c1ccccc1)n1cccc1)Nc1cccc2cccnc12. The molecular formula is C22H19N3O. The summed E-state index contributed by atoms with van der Waals surface area (Å²) in [7, 11) is 0. The van der Waals surface area contributed by atoms with Gasteiger partial charge in [0.25, 0.3) is 0 Å². The van der Waals surface area contributed by atoms with Crippen molar-refractivity contribution in [2.45, 2.75) is 12.5 Å². The molecule has 2 heterocycles. The summed E-state index contributed by atoms with van der Waals surface area (Å²) in [6.07, 6.45) is 6.07. The minimum absolute atomic E-state index is 0.0364. The summed E-state index contributed by atoms with van der Waals surface area (Å²) in [5, 5.41) is 4.04. The molecule has 1 atom stereocenters. The second-order valence-corrected chi connectivity index (χ2v) is 6.19. The van der Waals surface area contributed by atoms with Crippen molar-refractivity contribution in [2.24, 2.45) is 0 Å². The summed E-state index contributed by atoms with van der Waals surface area (Å²) < 4.78 is 2.07. The minimum Gasteiger partial charge on any atom is -0.346 e. The van der Waals surface area contributed by atoms with Crippen molar-refractivity contribution in [1.29, 1.82) is 0 Å². The molecule has 4 aromatic rings. The molecule has 4 heteroatoms. The lowest BCUT2D eigenvalue weighted by Crippen LogP contribution is -2.19. The molecule has 0 aliphatic carbocycles. The first-order valence-electron chi connectivity index (χ1n) is 8.62. The summed E-state index contributed by atoms with van der Waals surface area (Å²) >= 11 is 0. The number of carbonyl (C=O) groups is 1. The van der Waals surface area contributed by atoms with Crippen molar-refractivity contribution >= 4 is 22.5 Å². The lowest BCUT2D eigenvalue weighted by atomic mass is 10.0. The maximum absolute atomic E-state index is 12.8. The van der Waals surface area contributed by atoms with Crippen LogP contribution in [0, 0.1) is 0 Å². The van der Waals surface area contributed by atoms with Gasteiger partial charge in [-0.2, -0.15) is 0 Å². The van der Waals surface area contributed by atoms with Gasteiger partial charge in [-0.25, -0.2) is 0 Å². The van der Waals surface area contributed by atoms with E-state index in [1.54, 1.807) is 6.20 Å². The Balaban J connectivity index is 1.59. The molecule has 1 amide bonds. The Morgan fingerprint density at radius 3 is 2.50 bits per heavy atom. The quantitative estimate of drug-likeness (QED) is 0.574. The van der Waals surface area contributed by atoms with Gasteiger partial charge < -0.3 is 9.88 Å². The lowest BCUT2D eigenvalue weighted by Gasteiger charge is -2.19. The molecule has 0 radical (unpaired) electrons. The van der Waals surface area contributed by atoms with Gasteiger partial charge >= 0.3 is 0 Å². The van der Waals surface area contributed by atoms with E-state index in [2.05, 4.69) is 27.0 Å². The van der Waals surface area contributed by atoms with E-state index < -0.39 is 0 Å². The number of amides is 1. The molecule has 0 aliphatic heterocycles. The predicted molar refractivity (Wildman–Crippen MR) is 104 cm³/mol. The molecular weight excluding hydrogens is 322 g/mol. The van der Waals surface area contributed by atoms with Crippen LogP contribution in [0.4, 0.5) is 5.69 Å². The summed E-state index contributed by atoms with van der Waals surface area (Å²) in [5.74, 6) is -0.0364. The molecule has 26 heavy (non-hydrogen) atoms. The number of para-hydroxylation sites is 1. The largest absolute Gasteiger partial charge is 0.346 e. The Morgan fingerprint density at radius 1 is 0.923 bits per heavy atom. The van der Waals surface area contributed by atoms with Crippen molar-refractivity contribution in [3.8, 4) is 0 Å². The average molecular weight is 341 g/mol. The highest BCUT2D eigenvalue weighted by Crippen LogP contribution is 2.25. The van der Waals surface area contributed by atoms with E-state index in [0.717, 1.165) is 22.2 Å². The summed E-state index contributed by atoms with van der Waals surface area (Å²) in [4.78, 5) is 17.2. The van der Waals surface area contributed by atoms with Crippen LogP contribution in [0.25, 0.3) is 10.9 Å². The van der Waals surface area contributed by atoms with Gasteiger partial charge in [-0.3, -0.25) is 9.78 Å². The van der Waals surface area contributed by atoms with Crippen LogP contribution >= 0.6 is 0 Å². The molecule has 0 spiro atoms. The summed E-state index contributed by atoms with van der Waals surface area (Å²) in [5.41, 5.74) is 2.66. The van der Waals surface area contributed by atoms with E-state index in [1.165, 1.54) is 0 Å². The highest BCUT2D eigenvalue weighted by Gasteiger charge is 2.18. The number of aromatic nitrogens is 2. The third kappa shape index (κ3) is 3.35. The highest BCUT2D eigenvalue weighted by atomic mass is 16.1. The van der Waals surface area contributed by atoms with Gasteiger partial charge in [-0.15, -0.1) is 0 Å². The Morgan fingerprint density at radius 2 is 1.69 bits per heavy atom. The van der Waals surface area contributed by atoms with Gasteiger partial charge in [0.15, 0.2) is 0 Å². The smallest absolute Gasteiger partial charge is 0.226 e. The third-order valence-corrected chi connectivity index (χ3v) is 4.46. The molecule has 0 saturated carbocycles. The van der Waals surface area contributed by atoms with Gasteiger partial charge in [-0.05, 0) is 29.8 Å². The van der Waals surface area contributed by atoms with Crippen LogP contribution < -0.4 is 5.32 Å². The van der Waals surface area contributed by atoms with Crippen molar-refractivity contribution < 1.29 is 4.79 Å². The van der Waals surface area contributed by atoms with Gasteiger partial charge in [-0.1, -0.05) is 48.5 Å². The number of hydrogen-bond donors (Lipinski definition) is 1. The zero-order valence-corrected chi connectivity index (χ0v) is 14.2. The number of pyridine rings is 1. The van der Waals surface area contributed by atoms with E-state index in [4.69, 9.17) is 0 Å². The maximum Gasteiger partial charge on any atom is 0.226 e. The standard InChI is InChI=1S/C22H19N3O/c26-21(24-19-12-6-10-18-11-7-13-23-22(18)19)16-20(25-14-4-5-15-25)17-8-2-1-3-9-17/h1-15,20H,16H2,(H,24,26)/t20-/m0/s1. The minimum atomic E-state index is -0.0471. The Hall–Kier alpha value is -3.40. The van der Waals surface area contributed by atoms with E-state index in [1.807, 2.05) is 73.1 Å². The number of fused-ring (bicyclic) bond motifs is 1. The molecule has 4 nitrogen and oxygen atoms in total. The number of anilines is 1. The first-order chi connectivity index (χ1) is 12.8. The number of nitrogens with one attached hydrogen (secondary N) is 1. The van der Waals surface area contributed by atoms with Gasteiger partial charge in [0.05, 0.1) is 23.7 Å². The fourth-order valence-corrected chi connectivity index (χ4v) is 3.21. The molecule has 2 aromatic carbocycles. The van der Waals surface area contributed by atoms with E-state index in [9.17, 15) is 4.79 Å². The van der Waals surface area contributed by atoms with Crippen LogP contribution in [0.1, 0.15) is 18.0 Å². The van der Waals surface area contributed by atoms with Gasteiger partial charge in [0, 0.05) is 24.0 Å². The fourth-order valence-electron chi connectivity index (χ4n) is 3.21. The van der Waals surface area contributed by atoms with Crippen molar-refractivity contribution in [3.05, 3.63) is 97.0 Å². The molecule has 4 rings (SSSR count). The number of benzene rings is 2. The number of nitrogens with zero attached hydrogens (tertiary/aromatic N) is 2. The lowest BCUT2D eigenvalue weighted by molar-refractivity contribution is -0.116. The molecule has 0 fully saturated rings. The topological polar surface area (TPSA) is 46.9 Å². The Labute approximate surface area is 152 Å². The van der Waals surface area contributed by atoms with Crippen LogP contribution in [0.5, 0.6) is 0 Å². The molecule has 0 saturated heterocycles. The van der Waals surface area contributed by atoms with Crippen molar-refractivity contribution in [1.82, 2.24) is 9.55 Å². The third-order valence-electron chi connectivity index (χ3n) is 4.46. The van der Waals surface area contributed by atoms with Crippen molar-refractivity contribution in [3.63, 3.8) is 0 Å². The summed E-state index contributed by atoms with van der Waals surface area (Å²) in [6, 6.07) is 23.7. The van der Waals surface area contributed by atoms with E-state index >= 15 is 0 Å². The Bertz CT molecular complexity index is 1000. The predicted octanol–water partition coefficient (Wildman–Crippen LogP) is 4.65. The van der Waals surface area contributed by atoms with Crippen LogP contribution in [0.2, 0.25) is 0 Å². The molecule has 2 aromatic heterocycles. The zero-order valence-electron chi connectivity index (χ0n) is 14.2. The van der Waals surface area contributed by atoms with Crippen LogP contribution in [-0.4, -0.2) is 15.5 Å². The first-order valence-corrected chi connectivity index (χ1v) is 8.62. The second kappa shape index (κ2) is 7.23. The number of carbonyl (C=O) groups excluding carboxylic acids is 1. The molecule has 0 aliphatic rings. The van der Waals surface area contributed by atoms with Crippen molar-refractivity contribution in [2.75, 3.05) is 5.32 Å². The average Bonchev–Trinajstić information content (AvgIpc) is 3.22. The number of hydrogen-bond acceptors (Lipinski definition) is 2. The molecule has 1 N–H and O–H groups in total. The van der Waals surface area contributed by atoms with E-state index in [0.29, 0.717) is 6.42 Å². The monoisotopic (exact) mass is 341 g/mol. The molecule has 0 unspecified atom stereocenters. The first kappa shape index (κ1) is 16.1. The second-order valence-electron chi connectivity index (χ2n) is 6.19. The highest BCUT2D eigenvalue weighted by molar-refractivity contribution is 6.00. The van der Waals surface area contributed by atoms with Crippen LogP contribution in [0.3, 0.4) is 0 Å². The normalized spacial score (nSPS) is 12.0. The fraction of sp³-hybridized carbons (Fsp3) is 0.0909. The summed E-state index contributed by atoms with van der Waals surface area (Å²) in [6.45, 7) is 0.